The van der Waals surface area contributed by atoms with E-state index in [1.165, 1.54) is 12.3 Å². The summed E-state index contributed by atoms with van der Waals surface area (Å²) in [6.45, 7) is 3.85. The highest BCUT2D eigenvalue weighted by Gasteiger charge is 2.10. The highest BCUT2D eigenvalue weighted by molar-refractivity contribution is 6.42. The monoisotopic (exact) mass is 341 g/mol. The third kappa shape index (κ3) is 6.35. The van der Waals surface area contributed by atoms with Gasteiger partial charge in [0.1, 0.15) is 11.6 Å². The number of carbonyl (C=O) groups is 1. The van der Waals surface area contributed by atoms with Crippen molar-refractivity contribution in [2.75, 3.05) is 25.1 Å². The van der Waals surface area contributed by atoms with Gasteiger partial charge in [0.25, 0.3) is 5.91 Å². The average molecular weight is 342 g/mol. The molecular weight excluding hydrogens is 325 g/mol. The number of anilines is 1. The van der Waals surface area contributed by atoms with Crippen LogP contribution >= 0.6 is 23.2 Å². The lowest BCUT2D eigenvalue weighted by atomic mass is 10.2. The Bertz CT molecular complexity index is 583. The van der Waals surface area contributed by atoms with Gasteiger partial charge < -0.3 is 15.4 Å². The predicted octanol–water partition coefficient (Wildman–Crippen LogP) is 3.36. The highest BCUT2D eigenvalue weighted by atomic mass is 35.5. The largest absolute Gasteiger partial charge is 0.390 e. The van der Waals surface area contributed by atoms with E-state index in [2.05, 4.69) is 10.6 Å². The van der Waals surface area contributed by atoms with Crippen LogP contribution in [0.2, 0.25) is 10.0 Å². The number of rotatable bonds is 8. The molecule has 0 aliphatic rings. The van der Waals surface area contributed by atoms with Crippen molar-refractivity contribution in [3.05, 3.63) is 40.0 Å². The van der Waals surface area contributed by atoms with Crippen LogP contribution in [0.15, 0.2) is 30.0 Å². The molecule has 0 radical (unpaired) electrons. The third-order valence-electron chi connectivity index (χ3n) is 2.60. The second kappa shape index (κ2) is 10.1. The first-order valence-electron chi connectivity index (χ1n) is 6.76. The Labute approximate surface area is 139 Å². The molecule has 0 heterocycles. The molecule has 118 valence electrons. The second-order valence-corrected chi connectivity index (χ2v) is 5.07. The summed E-state index contributed by atoms with van der Waals surface area (Å²) in [6.07, 6.45) is 2.18. The van der Waals surface area contributed by atoms with Crippen LogP contribution < -0.4 is 10.6 Å². The Hall–Kier alpha value is -1.74. The molecule has 0 atom stereocenters. The zero-order valence-corrected chi connectivity index (χ0v) is 13.7. The van der Waals surface area contributed by atoms with Crippen LogP contribution in [-0.2, 0) is 9.53 Å². The van der Waals surface area contributed by atoms with E-state index >= 15 is 0 Å². The zero-order valence-electron chi connectivity index (χ0n) is 12.2. The van der Waals surface area contributed by atoms with Crippen molar-refractivity contribution in [3.63, 3.8) is 0 Å². The number of benzene rings is 1. The molecule has 0 saturated carbocycles. The summed E-state index contributed by atoms with van der Waals surface area (Å²) in [6, 6.07) is 6.54. The molecule has 0 spiro atoms. The van der Waals surface area contributed by atoms with E-state index in [1.54, 1.807) is 12.1 Å². The third-order valence-corrected chi connectivity index (χ3v) is 3.34. The number of hydrogen-bond donors (Lipinski definition) is 2. The SMILES string of the molecule is CCOCCCN/C=C(/C#N)C(=O)Nc1ccc(Cl)c(Cl)c1. The molecule has 1 rings (SSSR count). The van der Waals surface area contributed by atoms with Crippen molar-refractivity contribution in [3.8, 4) is 6.07 Å². The van der Waals surface area contributed by atoms with Gasteiger partial charge in [0.05, 0.1) is 10.0 Å². The smallest absolute Gasteiger partial charge is 0.267 e. The number of ether oxygens (including phenoxy) is 1. The number of halogens is 2. The molecular formula is C15H17Cl2N3O2. The minimum atomic E-state index is -0.516. The van der Waals surface area contributed by atoms with E-state index in [0.717, 1.165) is 6.42 Å². The Morgan fingerprint density at radius 1 is 1.41 bits per heavy atom. The lowest BCUT2D eigenvalue weighted by molar-refractivity contribution is -0.112. The van der Waals surface area contributed by atoms with E-state index < -0.39 is 5.91 Å². The van der Waals surface area contributed by atoms with E-state index in [-0.39, 0.29) is 5.57 Å². The highest BCUT2D eigenvalue weighted by Crippen LogP contribution is 2.25. The molecule has 2 N–H and O–H groups in total. The number of nitrogens with zero attached hydrogens (tertiary/aromatic N) is 1. The summed E-state index contributed by atoms with van der Waals surface area (Å²) in [4.78, 5) is 12.0. The van der Waals surface area contributed by atoms with Crippen molar-refractivity contribution < 1.29 is 9.53 Å². The maximum Gasteiger partial charge on any atom is 0.267 e. The van der Waals surface area contributed by atoms with Gasteiger partial charge in [-0.05, 0) is 31.5 Å². The van der Waals surface area contributed by atoms with E-state index in [4.69, 9.17) is 33.2 Å². The molecule has 1 aromatic rings. The number of nitriles is 1. The average Bonchev–Trinajstić information content (AvgIpc) is 2.50. The van der Waals surface area contributed by atoms with Crippen LogP contribution in [0.4, 0.5) is 5.69 Å². The number of carbonyl (C=O) groups excluding carboxylic acids is 1. The molecule has 22 heavy (non-hydrogen) atoms. The Morgan fingerprint density at radius 3 is 2.82 bits per heavy atom. The number of nitrogens with one attached hydrogen (secondary N) is 2. The Kier molecular flexibility index (Phi) is 8.38. The van der Waals surface area contributed by atoms with Crippen LogP contribution in [0.1, 0.15) is 13.3 Å². The Balaban J connectivity index is 2.53. The summed E-state index contributed by atoms with van der Waals surface area (Å²) in [5, 5.41) is 15.2. The minimum absolute atomic E-state index is 0.0255. The van der Waals surface area contributed by atoms with Crippen molar-refractivity contribution in [1.29, 1.82) is 5.26 Å². The lowest BCUT2D eigenvalue weighted by Gasteiger charge is -2.06. The van der Waals surface area contributed by atoms with Gasteiger partial charge in [0.2, 0.25) is 0 Å². The predicted molar refractivity (Wildman–Crippen MR) is 87.9 cm³/mol. The fourth-order valence-corrected chi connectivity index (χ4v) is 1.81. The molecule has 7 heteroatoms. The molecule has 0 aliphatic carbocycles. The van der Waals surface area contributed by atoms with Gasteiger partial charge in [-0.2, -0.15) is 5.26 Å². The van der Waals surface area contributed by atoms with Crippen molar-refractivity contribution in [2.45, 2.75) is 13.3 Å². The number of hydrogen-bond acceptors (Lipinski definition) is 4. The first-order chi connectivity index (χ1) is 10.6. The first kappa shape index (κ1) is 18.3. The first-order valence-corrected chi connectivity index (χ1v) is 7.52. The number of amides is 1. The van der Waals surface area contributed by atoms with E-state index in [1.807, 2.05) is 13.0 Å². The molecule has 0 unspecified atom stereocenters. The molecule has 1 amide bonds. The molecule has 0 fully saturated rings. The van der Waals surface area contributed by atoms with Gasteiger partial charge >= 0.3 is 0 Å². The maximum atomic E-state index is 12.0. The summed E-state index contributed by atoms with van der Waals surface area (Å²) in [7, 11) is 0. The topological polar surface area (TPSA) is 74.1 Å². The Morgan fingerprint density at radius 2 is 2.18 bits per heavy atom. The molecule has 5 nitrogen and oxygen atoms in total. The van der Waals surface area contributed by atoms with Gasteiger partial charge in [-0.1, -0.05) is 23.2 Å². The van der Waals surface area contributed by atoms with Crippen molar-refractivity contribution in [2.24, 2.45) is 0 Å². The summed E-state index contributed by atoms with van der Waals surface area (Å²) in [5.74, 6) is -0.516. The van der Waals surface area contributed by atoms with E-state index in [0.29, 0.717) is 35.5 Å². The van der Waals surface area contributed by atoms with Crippen LogP contribution in [0.25, 0.3) is 0 Å². The fraction of sp³-hybridized carbons (Fsp3) is 0.333. The molecule has 1 aromatic carbocycles. The van der Waals surface area contributed by atoms with Crippen LogP contribution in [-0.4, -0.2) is 25.7 Å². The standard InChI is InChI=1S/C15H17Cl2N3O2/c1-2-22-7-3-6-19-10-11(9-18)15(21)20-12-4-5-13(16)14(17)8-12/h4-5,8,10,19H,2-3,6-7H2,1H3,(H,20,21)/b11-10-. The van der Waals surface area contributed by atoms with Crippen molar-refractivity contribution >= 4 is 34.8 Å². The molecule has 0 saturated heterocycles. The fourth-order valence-electron chi connectivity index (χ4n) is 1.52. The molecule has 0 bridgehead atoms. The van der Waals surface area contributed by atoms with Gasteiger partial charge in [0.15, 0.2) is 0 Å². The van der Waals surface area contributed by atoms with Crippen molar-refractivity contribution in [1.82, 2.24) is 5.32 Å². The summed E-state index contributed by atoms with van der Waals surface area (Å²) >= 11 is 11.7. The maximum absolute atomic E-state index is 12.0. The second-order valence-electron chi connectivity index (χ2n) is 4.26. The van der Waals surface area contributed by atoms with E-state index in [9.17, 15) is 4.79 Å². The van der Waals surface area contributed by atoms with Gasteiger partial charge in [0, 0.05) is 31.6 Å². The van der Waals surface area contributed by atoms with Crippen LogP contribution in [0.5, 0.6) is 0 Å². The lowest BCUT2D eigenvalue weighted by Crippen LogP contribution is -2.17. The molecule has 0 aliphatic heterocycles. The quantitative estimate of drug-likeness (QED) is 0.432. The van der Waals surface area contributed by atoms with Crippen LogP contribution in [0, 0.1) is 11.3 Å². The zero-order chi connectivity index (χ0) is 16.4. The van der Waals surface area contributed by atoms with Crippen LogP contribution in [0.3, 0.4) is 0 Å². The molecule has 0 aromatic heterocycles. The van der Waals surface area contributed by atoms with Gasteiger partial charge in [-0.15, -0.1) is 0 Å². The minimum Gasteiger partial charge on any atom is -0.390 e. The van der Waals surface area contributed by atoms with Gasteiger partial charge in [-0.3, -0.25) is 4.79 Å². The summed E-state index contributed by atoms with van der Waals surface area (Å²) < 4.78 is 5.19. The normalized spacial score (nSPS) is 10.9. The van der Waals surface area contributed by atoms with Gasteiger partial charge in [-0.25, -0.2) is 0 Å². The summed E-state index contributed by atoms with van der Waals surface area (Å²) in [5.41, 5.74) is 0.444.